The predicted molar refractivity (Wildman–Crippen MR) is 103 cm³/mol. The van der Waals surface area contributed by atoms with Crippen LogP contribution in [0.1, 0.15) is 43.0 Å². The summed E-state index contributed by atoms with van der Waals surface area (Å²) in [6, 6.07) is 7.50. The molecule has 0 spiro atoms. The maximum Gasteiger partial charge on any atom is 0.410 e. The summed E-state index contributed by atoms with van der Waals surface area (Å²) in [5.74, 6) is -1.60. The van der Waals surface area contributed by atoms with Crippen LogP contribution in [0.15, 0.2) is 30.3 Å². The third-order valence-electron chi connectivity index (χ3n) is 5.08. The Morgan fingerprint density at radius 3 is 2.38 bits per heavy atom. The third kappa shape index (κ3) is 5.13. The normalized spacial score (nSPS) is 20.8. The van der Waals surface area contributed by atoms with E-state index in [9.17, 15) is 19.2 Å². The van der Waals surface area contributed by atoms with Gasteiger partial charge in [0.1, 0.15) is 6.04 Å². The van der Waals surface area contributed by atoms with E-state index < -0.39 is 29.5 Å². The molecule has 0 aliphatic carbocycles. The van der Waals surface area contributed by atoms with Crippen LogP contribution in [0.4, 0.5) is 4.79 Å². The number of hydrogen-bond acceptors (Lipinski definition) is 7. The lowest BCUT2D eigenvalue weighted by atomic mass is 9.79. The number of benzene rings is 1. The highest BCUT2D eigenvalue weighted by molar-refractivity contribution is 6.00. The zero-order valence-corrected chi connectivity index (χ0v) is 17.0. The van der Waals surface area contributed by atoms with Gasteiger partial charge in [0.15, 0.2) is 5.78 Å². The van der Waals surface area contributed by atoms with E-state index >= 15 is 0 Å². The molecule has 0 N–H and O–H groups in total. The van der Waals surface area contributed by atoms with Crippen molar-refractivity contribution in [1.29, 1.82) is 0 Å². The molecule has 29 heavy (non-hydrogen) atoms. The van der Waals surface area contributed by atoms with Crippen LogP contribution in [-0.2, 0) is 23.8 Å². The summed E-state index contributed by atoms with van der Waals surface area (Å²) in [6.07, 6.45) is 0.526. The van der Waals surface area contributed by atoms with Gasteiger partial charge >= 0.3 is 18.0 Å². The summed E-state index contributed by atoms with van der Waals surface area (Å²) in [5.41, 5.74) is -0.918. The smallest absolute Gasteiger partial charge is 0.410 e. The number of ketones is 1. The second-order valence-electron chi connectivity index (χ2n) is 7.08. The van der Waals surface area contributed by atoms with Crippen molar-refractivity contribution in [2.75, 3.05) is 27.4 Å². The highest BCUT2D eigenvalue weighted by Gasteiger charge is 2.55. The summed E-state index contributed by atoms with van der Waals surface area (Å²) in [6.45, 7) is 2.00. The van der Waals surface area contributed by atoms with E-state index in [1.54, 1.807) is 30.3 Å². The van der Waals surface area contributed by atoms with Gasteiger partial charge in [0.25, 0.3) is 0 Å². The van der Waals surface area contributed by atoms with E-state index in [0.29, 0.717) is 12.0 Å². The Kier molecular flexibility index (Phi) is 7.75. The lowest BCUT2D eigenvalue weighted by molar-refractivity contribution is -0.152. The van der Waals surface area contributed by atoms with Crippen LogP contribution >= 0.6 is 0 Å². The van der Waals surface area contributed by atoms with Crippen molar-refractivity contribution >= 4 is 23.8 Å². The molecule has 1 aromatic carbocycles. The predicted octanol–water partition coefficient (Wildman–Crippen LogP) is 2.60. The first-order valence-corrected chi connectivity index (χ1v) is 9.56. The van der Waals surface area contributed by atoms with Crippen LogP contribution in [0.5, 0.6) is 0 Å². The molecule has 8 heteroatoms. The van der Waals surface area contributed by atoms with Crippen molar-refractivity contribution < 1.29 is 33.4 Å². The standard InChI is InChI=1S/C21H27NO7/c1-4-5-11-29-20(26)22-14-21(19(25)28-3,12-16(22)18(24)27-2)13-17(23)15-9-7-6-8-10-15/h6-10,16H,4-5,11-14H2,1-3H3/t16-,21+/m0/s1. The van der Waals surface area contributed by atoms with Crippen molar-refractivity contribution in [2.45, 2.75) is 38.6 Å². The van der Waals surface area contributed by atoms with Crippen LogP contribution in [0, 0.1) is 5.41 Å². The summed E-state index contributed by atoms with van der Waals surface area (Å²) in [4.78, 5) is 51.5. The molecule has 1 heterocycles. The number of methoxy groups -OCH3 is 2. The van der Waals surface area contributed by atoms with Gasteiger partial charge in [-0.3, -0.25) is 14.5 Å². The maximum atomic E-state index is 12.8. The van der Waals surface area contributed by atoms with Gasteiger partial charge in [0.05, 0.1) is 26.2 Å². The van der Waals surface area contributed by atoms with E-state index in [4.69, 9.17) is 14.2 Å². The summed E-state index contributed by atoms with van der Waals surface area (Å²) >= 11 is 0. The minimum atomic E-state index is -1.36. The fourth-order valence-electron chi connectivity index (χ4n) is 3.50. The first kappa shape index (κ1) is 22.4. The van der Waals surface area contributed by atoms with Gasteiger partial charge in [0.2, 0.25) is 0 Å². The van der Waals surface area contributed by atoms with Gasteiger partial charge in [-0.25, -0.2) is 9.59 Å². The number of ether oxygens (including phenoxy) is 3. The largest absolute Gasteiger partial charge is 0.469 e. The van der Waals surface area contributed by atoms with Crippen LogP contribution in [0.25, 0.3) is 0 Å². The number of nitrogens with zero attached hydrogens (tertiary/aromatic N) is 1. The number of amides is 1. The number of esters is 2. The Morgan fingerprint density at radius 2 is 1.79 bits per heavy atom. The number of unbranched alkanes of at least 4 members (excludes halogenated alkanes) is 1. The number of carbonyl (C=O) groups is 4. The monoisotopic (exact) mass is 405 g/mol. The number of carbonyl (C=O) groups excluding carboxylic acids is 4. The topological polar surface area (TPSA) is 99.2 Å². The quantitative estimate of drug-likeness (QED) is 0.284. The van der Waals surface area contributed by atoms with Crippen molar-refractivity contribution in [2.24, 2.45) is 5.41 Å². The molecule has 1 saturated heterocycles. The maximum absolute atomic E-state index is 12.8. The van der Waals surface area contributed by atoms with E-state index in [2.05, 4.69) is 0 Å². The van der Waals surface area contributed by atoms with Gasteiger partial charge in [-0.15, -0.1) is 0 Å². The van der Waals surface area contributed by atoms with Gasteiger partial charge in [-0.2, -0.15) is 0 Å². The van der Waals surface area contributed by atoms with Crippen molar-refractivity contribution in [3.63, 3.8) is 0 Å². The first-order valence-electron chi connectivity index (χ1n) is 9.56. The highest BCUT2D eigenvalue weighted by atomic mass is 16.6. The van der Waals surface area contributed by atoms with E-state index in [0.717, 1.165) is 11.3 Å². The van der Waals surface area contributed by atoms with Crippen LogP contribution < -0.4 is 0 Å². The minimum Gasteiger partial charge on any atom is -0.469 e. The zero-order valence-electron chi connectivity index (χ0n) is 17.0. The number of rotatable bonds is 8. The summed E-state index contributed by atoms with van der Waals surface area (Å²) in [5, 5.41) is 0. The third-order valence-corrected chi connectivity index (χ3v) is 5.08. The molecule has 1 aromatic rings. The van der Waals surface area contributed by atoms with Gasteiger partial charge in [-0.1, -0.05) is 43.7 Å². The van der Waals surface area contributed by atoms with Crippen molar-refractivity contribution in [1.82, 2.24) is 4.90 Å². The van der Waals surface area contributed by atoms with Gasteiger partial charge < -0.3 is 14.2 Å². The number of likely N-dealkylation sites (tertiary alicyclic amines) is 1. The van der Waals surface area contributed by atoms with Crippen molar-refractivity contribution in [3.8, 4) is 0 Å². The lowest BCUT2D eigenvalue weighted by Crippen LogP contribution is -2.42. The average Bonchev–Trinajstić information content (AvgIpc) is 3.14. The highest BCUT2D eigenvalue weighted by Crippen LogP contribution is 2.41. The molecule has 0 unspecified atom stereocenters. The fraction of sp³-hybridized carbons (Fsp3) is 0.524. The molecule has 0 radical (unpaired) electrons. The molecule has 158 valence electrons. The van der Waals surface area contributed by atoms with E-state index in [1.807, 2.05) is 6.92 Å². The number of hydrogen-bond donors (Lipinski definition) is 0. The van der Waals surface area contributed by atoms with Gasteiger partial charge in [0, 0.05) is 18.5 Å². The van der Waals surface area contributed by atoms with E-state index in [-0.39, 0.29) is 31.8 Å². The SMILES string of the molecule is CCCCOC(=O)N1C[C@@](CC(=O)c2ccccc2)(C(=O)OC)C[C@H]1C(=O)OC. The molecule has 1 aliphatic heterocycles. The second-order valence-corrected chi connectivity index (χ2v) is 7.08. The lowest BCUT2D eigenvalue weighted by Gasteiger charge is -2.25. The van der Waals surface area contributed by atoms with Crippen LogP contribution in [0.3, 0.4) is 0 Å². The van der Waals surface area contributed by atoms with Crippen molar-refractivity contribution in [3.05, 3.63) is 35.9 Å². The molecular weight excluding hydrogens is 378 g/mol. The zero-order chi connectivity index (χ0) is 21.4. The Hall–Kier alpha value is -2.90. The molecule has 0 saturated carbocycles. The molecule has 2 atom stereocenters. The molecule has 1 fully saturated rings. The number of Topliss-reactive ketones (excluding diaryl/α,β-unsaturated/α-hetero) is 1. The second kappa shape index (κ2) is 10.0. The molecule has 1 amide bonds. The molecule has 2 rings (SSSR count). The molecule has 0 bridgehead atoms. The van der Waals surface area contributed by atoms with E-state index in [1.165, 1.54) is 14.2 Å². The molecular formula is C21H27NO7. The van der Waals surface area contributed by atoms with Gasteiger partial charge in [-0.05, 0) is 12.8 Å². The van der Waals surface area contributed by atoms with Crippen LogP contribution in [-0.4, -0.2) is 62.1 Å². The average molecular weight is 405 g/mol. The molecule has 1 aliphatic rings. The summed E-state index contributed by atoms with van der Waals surface area (Å²) in [7, 11) is 2.42. The Labute approximate surface area is 170 Å². The van der Waals surface area contributed by atoms with Crippen LogP contribution in [0.2, 0.25) is 0 Å². The Morgan fingerprint density at radius 1 is 1.10 bits per heavy atom. The fourth-order valence-corrected chi connectivity index (χ4v) is 3.50. The summed E-state index contributed by atoms with van der Waals surface area (Å²) < 4.78 is 15.0. The molecule has 8 nitrogen and oxygen atoms in total. The Balaban J connectivity index is 2.31. The Bertz CT molecular complexity index is 749. The first-order chi connectivity index (χ1) is 13.9. The molecule has 0 aromatic heterocycles. The minimum absolute atomic E-state index is 0.0756.